The van der Waals surface area contributed by atoms with E-state index in [1.54, 1.807) is 0 Å². The number of hydrogen-bond donors (Lipinski definition) is 2. The van der Waals surface area contributed by atoms with Gasteiger partial charge in [-0.25, -0.2) is 0 Å². The molecule has 0 fully saturated rings. The van der Waals surface area contributed by atoms with Crippen molar-refractivity contribution in [1.82, 2.24) is 5.32 Å². The number of anilines is 1. The van der Waals surface area contributed by atoms with Crippen LogP contribution in [0.3, 0.4) is 0 Å². The molecule has 1 aliphatic carbocycles. The summed E-state index contributed by atoms with van der Waals surface area (Å²) in [7, 11) is 0. The highest BCUT2D eigenvalue weighted by atomic mass is 35.5. The van der Waals surface area contributed by atoms with Gasteiger partial charge in [0.15, 0.2) is 0 Å². The van der Waals surface area contributed by atoms with Crippen molar-refractivity contribution < 1.29 is 0 Å². The van der Waals surface area contributed by atoms with E-state index in [-0.39, 0.29) is 6.17 Å². The van der Waals surface area contributed by atoms with E-state index in [1.165, 1.54) is 16.8 Å². The van der Waals surface area contributed by atoms with Crippen molar-refractivity contribution in [3.8, 4) is 0 Å². The van der Waals surface area contributed by atoms with E-state index in [0.29, 0.717) is 17.0 Å². The Kier molecular flexibility index (Phi) is 4.69. The Hall–Kier alpha value is -1.22. The first-order chi connectivity index (χ1) is 10.3. The predicted octanol–water partition coefficient (Wildman–Crippen LogP) is 4.79. The summed E-state index contributed by atoms with van der Waals surface area (Å²) >= 11 is 11.5. The Labute approximate surface area is 135 Å². The Morgan fingerprint density at radius 2 is 2.29 bits per heavy atom. The summed E-state index contributed by atoms with van der Waals surface area (Å²) in [6.45, 7) is 0. The Morgan fingerprint density at radius 3 is 3.14 bits per heavy atom. The van der Waals surface area contributed by atoms with Crippen LogP contribution < -0.4 is 10.6 Å². The molecule has 21 heavy (non-hydrogen) atoms. The van der Waals surface area contributed by atoms with Gasteiger partial charge in [0.25, 0.3) is 0 Å². The van der Waals surface area contributed by atoms with Crippen LogP contribution in [-0.4, -0.2) is 12.0 Å². The second-order valence-corrected chi connectivity index (χ2v) is 6.03. The van der Waals surface area contributed by atoms with Crippen LogP contribution in [0.25, 0.3) is 6.08 Å². The fourth-order valence-electron chi connectivity index (χ4n) is 2.87. The van der Waals surface area contributed by atoms with Gasteiger partial charge in [0.1, 0.15) is 0 Å². The summed E-state index contributed by atoms with van der Waals surface area (Å²) in [6, 6.07) is 6.84. The van der Waals surface area contributed by atoms with E-state index >= 15 is 0 Å². The third-order valence-electron chi connectivity index (χ3n) is 3.80. The van der Waals surface area contributed by atoms with Crippen LogP contribution in [0, 0.1) is 0 Å². The number of rotatable bonds is 4. The zero-order valence-corrected chi connectivity index (χ0v) is 13.2. The lowest BCUT2D eigenvalue weighted by molar-refractivity contribution is 0.448. The van der Waals surface area contributed by atoms with Crippen LogP contribution >= 0.6 is 23.2 Å². The minimum Gasteiger partial charge on any atom is -0.369 e. The highest BCUT2D eigenvalue weighted by Crippen LogP contribution is 2.37. The SMILES string of the molecule is ClCC(Cl)=CC=CCC1Nc2cccc3c2C(CC=C3)N1. The molecule has 0 spiro atoms. The monoisotopic (exact) mass is 320 g/mol. The van der Waals surface area contributed by atoms with Crippen LogP contribution in [0.1, 0.15) is 30.0 Å². The number of halogens is 2. The van der Waals surface area contributed by atoms with Gasteiger partial charge < -0.3 is 5.32 Å². The summed E-state index contributed by atoms with van der Waals surface area (Å²) in [5.74, 6) is 0.358. The standard InChI is InChI=1S/C17H18Cl2N2/c18-11-13(19)7-1-2-10-16-20-14-8-3-5-12-6-4-9-15(21-16)17(12)14/h1-8,15-16,20-21H,9-11H2. The Balaban J connectivity index is 1.70. The van der Waals surface area contributed by atoms with E-state index in [2.05, 4.69) is 47.1 Å². The van der Waals surface area contributed by atoms with E-state index in [0.717, 1.165) is 12.8 Å². The molecule has 2 atom stereocenters. The van der Waals surface area contributed by atoms with Crippen LogP contribution in [0.2, 0.25) is 0 Å². The lowest BCUT2D eigenvalue weighted by Crippen LogP contribution is -2.43. The van der Waals surface area contributed by atoms with Gasteiger partial charge in [-0.2, -0.15) is 0 Å². The molecule has 1 aliphatic heterocycles. The molecular weight excluding hydrogens is 303 g/mol. The second-order valence-electron chi connectivity index (χ2n) is 5.27. The van der Waals surface area contributed by atoms with Crippen LogP contribution in [0.4, 0.5) is 5.69 Å². The molecule has 3 rings (SSSR count). The second kappa shape index (κ2) is 6.69. The zero-order valence-electron chi connectivity index (χ0n) is 11.7. The lowest BCUT2D eigenvalue weighted by Gasteiger charge is -2.36. The molecule has 2 nitrogen and oxygen atoms in total. The topological polar surface area (TPSA) is 24.1 Å². The molecular formula is C17H18Cl2N2. The fourth-order valence-corrected chi connectivity index (χ4v) is 3.04. The summed E-state index contributed by atoms with van der Waals surface area (Å²) in [4.78, 5) is 0. The molecule has 0 aromatic heterocycles. The number of allylic oxidation sites excluding steroid dienone is 3. The molecule has 4 heteroatoms. The highest BCUT2D eigenvalue weighted by molar-refractivity contribution is 6.35. The number of nitrogens with one attached hydrogen (secondary N) is 2. The maximum absolute atomic E-state index is 5.86. The molecule has 2 N–H and O–H groups in total. The normalized spacial score (nSPS) is 24.0. The van der Waals surface area contributed by atoms with Gasteiger partial charge in [0.2, 0.25) is 0 Å². The quantitative estimate of drug-likeness (QED) is 0.615. The number of benzene rings is 1. The van der Waals surface area contributed by atoms with Crippen molar-refractivity contribution in [3.63, 3.8) is 0 Å². The van der Waals surface area contributed by atoms with E-state index in [1.807, 2.05) is 12.2 Å². The molecule has 1 aromatic carbocycles. The largest absolute Gasteiger partial charge is 0.369 e. The van der Waals surface area contributed by atoms with Gasteiger partial charge in [-0.15, -0.1) is 11.6 Å². The molecule has 0 amide bonds. The molecule has 2 unspecified atom stereocenters. The molecule has 0 saturated heterocycles. The molecule has 1 heterocycles. The first-order valence-electron chi connectivity index (χ1n) is 7.17. The van der Waals surface area contributed by atoms with E-state index in [9.17, 15) is 0 Å². The third-order valence-corrected chi connectivity index (χ3v) is 4.49. The van der Waals surface area contributed by atoms with Crippen molar-refractivity contribution in [2.45, 2.75) is 25.0 Å². The van der Waals surface area contributed by atoms with Gasteiger partial charge in [-0.1, -0.05) is 48.0 Å². The van der Waals surface area contributed by atoms with Gasteiger partial charge in [-0.3, -0.25) is 5.32 Å². The number of alkyl halides is 1. The number of hydrogen-bond acceptors (Lipinski definition) is 2. The average Bonchev–Trinajstić information content (AvgIpc) is 2.52. The van der Waals surface area contributed by atoms with Crippen molar-refractivity contribution >= 4 is 35.0 Å². The van der Waals surface area contributed by atoms with Gasteiger partial charge in [0.05, 0.1) is 12.0 Å². The summed E-state index contributed by atoms with van der Waals surface area (Å²) in [6.07, 6.45) is 12.5. The average molecular weight is 321 g/mol. The van der Waals surface area contributed by atoms with Gasteiger partial charge in [0, 0.05) is 16.8 Å². The van der Waals surface area contributed by atoms with Crippen molar-refractivity contribution in [2.75, 3.05) is 11.2 Å². The molecule has 2 aliphatic rings. The molecule has 0 bridgehead atoms. The minimum atomic E-state index is 0.240. The maximum atomic E-state index is 5.86. The van der Waals surface area contributed by atoms with Gasteiger partial charge in [-0.05, 0) is 36.1 Å². The van der Waals surface area contributed by atoms with Crippen LogP contribution in [0.5, 0.6) is 0 Å². The summed E-state index contributed by atoms with van der Waals surface area (Å²) < 4.78 is 0. The first-order valence-corrected chi connectivity index (χ1v) is 8.08. The highest BCUT2D eigenvalue weighted by Gasteiger charge is 2.27. The summed E-state index contributed by atoms with van der Waals surface area (Å²) in [5.41, 5.74) is 3.95. The van der Waals surface area contributed by atoms with E-state index < -0.39 is 0 Å². The van der Waals surface area contributed by atoms with Crippen molar-refractivity contribution in [3.05, 3.63) is 58.7 Å². The fraction of sp³-hybridized carbons (Fsp3) is 0.294. The van der Waals surface area contributed by atoms with E-state index in [4.69, 9.17) is 23.2 Å². The van der Waals surface area contributed by atoms with Crippen LogP contribution in [-0.2, 0) is 0 Å². The molecule has 1 aromatic rings. The molecule has 0 saturated carbocycles. The Morgan fingerprint density at radius 1 is 1.38 bits per heavy atom. The minimum absolute atomic E-state index is 0.240. The predicted molar refractivity (Wildman–Crippen MR) is 91.8 cm³/mol. The Bertz CT molecular complexity index is 605. The van der Waals surface area contributed by atoms with Crippen LogP contribution in [0.15, 0.2) is 47.5 Å². The maximum Gasteiger partial charge on any atom is 0.0808 e. The first kappa shape index (κ1) is 14.7. The molecule has 0 radical (unpaired) electrons. The van der Waals surface area contributed by atoms with Crippen molar-refractivity contribution in [2.24, 2.45) is 0 Å². The molecule has 110 valence electrons. The summed E-state index contributed by atoms with van der Waals surface area (Å²) in [5, 5.41) is 7.88. The van der Waals surface area contributed by atoms with Crippen molar-refractivity contribution in [1.29, 1.82) is 0 Å². The zero-order chi connectivity index (χ0) is 14.7. The third kappa shape index (κ3) is 3.34. The van der Waals surface area contributed by atoms with Gasteiger partial charge >= 0.3 is 0 Å². The smallest absolute Gasteiger partial charge is 0.0808 e. The lowest BCUT2D eigenvalue weighted by atomic mass is 9.89.